The van der Waals surface area contributed by atoms with Gasteiger partial charge < -0.3 is 4.90 Å². The Morgan fingerprint density at radius 3 is 2.79 bits per heavy atom. The van der Waals surface area contributed by atoms with E-state index in [-0.39, 0.29) is 0 Å². The summed E-state index contributed by atoms with van der Waals surface area (Å²) in [6, 6.07) is 0. The van der Waals surface area contributed by atoms with E-state index in [4.69, 9.17) is 0 Å². The number of hydrogen-bond acceptors (Lipinski definition) is 3. The van der Waals surface area contributed by atoms with E-state index in [0.29, 0.717) is 12.1 Å². The highest BCUT2D eigenvalue weighted by Gasteiger charge is 2.12. The molecule has 0 atom stereocenters. The highest BCUT2D eigenvalue weighted by Crippen LogP contribution is 2.19. The minimum absolute atomic E-state index is 0.516. The number of rotatable bonds is 4. The predicted molar refractivity (Wildman–Crippen MR) is 53.6 cm³/mol. The topological polar surface area (TPSA) is 58.4 Å². The Hall–Kier alpha value is -1.52. The summed E-state index contributed by atoms with van der Waals surface area (Å²) in [5, 5.41) is 9.76. The fourth-order valence-electron chi connectivity index (χ4n) is 1.39. The van der Waals surface area contributed by atoms with Gasteiger partial charge in [-0.15, -0.1) is 5.43 Å². The van der Waals surface area contributed by atoms with Crippen LogP contribution >= 0.6 is 0 Å². The molecule has 0 aliphatic carbocycles. The fourth-order valence-corrected chi connectivity index (χ4v) is 1.39. The molecule has 14 heavy (non-hydrogen) atoms. The summed E-state index contributed by atoms with van der Waals surface area (Å²) in [5.41, 5.74) is 4.07. The lowest BCUT2D eigenvalue weighted by Crippen LogP contribution is -2.26. The van der Waals surface area contributed by atoms with Gasteiger partial charge in [0.15, 0.2) is 5.03 Å². The van der Waals surface area contributed by atoms with Gasteiger partial charge in [-0.1, -0.05) is 6.92 Å². The molecule has 1 aliphatic rings. The largest absolute Gasteiger partial charge is 0.353 e. The molecule has 1 aliphatic heterocycles. The van der Waals surface area contributed by atoms with E-state index in [1.807, 2.05) is 18.0 Å². The zero-order valence-electron chi connectivity index (χ0n) is 8.49. The van der Waals surface area contributed by atoms with Crippen molar-refractivity contribution in [1.82, 2.24) is 10.3 Å². The van der Waals surface area contributed by atoms with Crippen LogP contribution in [0.1, 0.15) is 26.7 Å². The Kier molecular flexibility index (Phi) is 3.50. The van der Waals surface area contributed by atoms with Crippen molar-refractivity contribution < 1.29 is 5.03 Å². The summed E-state index contributed by atoms with van der Waals surface area (Å²) in [4.78, 5) is 12.2. The molecule has 0 bridgehead atoms. The Morgan fingerprint density at radius 2 is 2.29 bits per heavy atom. The second-order valence-corrected chi connectivity index (χ2v) is 3.17. The molecule has 1 N–H and O–H groups in total. The average Bonchev–Trinajstić information content (AvgIpc) is 2.16. The number of allylic oxidation sites excluding steroid dienone is 1. The normalized spacial score (nSPS) is 16.0. The van der Waals surface area contributed by atoms with Crippen LogP contribution < -0.4 is 5.43 Å². The smallest absolute Gasteiger partial charge is 0.162 e. The first-order valence-corrected chi connectivity index (χ1v) is 4.72. The lowest BCUT2D eigenvalue weighted by Gasteiger charge is -2.22. The third-order valence-corrected chi connectivity index (χ3v) is 2.14. The molecule has 0 aromatic carbocycles. The Bertz CT molecular complexity index is 284. The second kappa shape index (κ2) is 4.64. The molecular weight excluding hydrogens is 182 g/mol. The van der Waals surface area contributed by atoms with Crippen LogP contribution in [0.4, 0.5) is 0 Å². The van der Waals surface area contributed by atoms with Gasteiger partial charge in [-0.2, -0.15) is 0 Å². The lowest BCUT2D eigenvalue weighted by molar-refractivity contribution is -0.536. The van der Waals surface area contributed by atoms with Gasteiger partial charge in [0.2, 0.25) is 0 Å². The van der Waals surface area contributed by atoms with Crippen molar-refractivity contribution in [2.75, 3.05) is 6.54 Å². The minimum atomic E-state index is -0.516. The first-order chi connectivity index (χ1) is 6.65. The van der Waals surface area contributed by atoms with Gasteiger partial charge in [-0.25, -0.2) is 10.1 Å². The van der Waals surface area contributed by atoms with Crippen molar-refractivity contribution in [3.8, 4) is 0 Å². The quantitative estimate of drug-likeness (QED) is 0.549. The minimum Gasteiger partial charge on any atom is -0.353 e. The Balaban J connectivity index is 2.69. The summed E-state index contributed by atoms with van der Waals surface area (Å²) >= 11 is 0. The second-order valence-electron chi connectivity index (χ2n) is 3.17. The molecule has 0 saturated heterocycles. The van der Waals surface area contributed by atoms with Crippen LogP contribution in [0.2, 0.25) is 0 Å². The number of nitrogens with zero attached hydrogens (tertiary/aromatic N) is 2. The fraction of sp³-hybridized carbons (Fsp3) is 0.556. The third kappa shape index (κ3) is 2.76. The number of nitro groups is 1. The zero-order valence-corrected chi connectivity index (χ0v) is 8.49. The van der Waals surface area contributed by atoms with Crippen molar-refractivity contribution in [3.05, 3.63) is 33.8 Å². The first-order valence-electron chi connectivity index (χ1n) is 4.72. The average molecular weight is 197 g/mol. The van der Waals surface area contributed by atoms with Crippen molar-refractivity contribution in [2.24, 2.45) is 0 Å². The van der Waals surface area contributed by atoms with Crippen LogP contribution in [0.25, 0.3) is 0 Å². The summed E-state index contributed by atoms with van der Waals surface area (Å²) in [7, 11) is 0. The molecule has 0 aromatic rings. The van der Waals surface area contributed by atoms with Crippen molar-refractivity contribution >= 4 is 0 Å². The highest BCUT2D eigenvalue weighted by molar-refractivity contribution is 5.18. The van der Waals surface area contributed by atoms with E-state index >= 15 is 0 Å². The van der Waals surface area contributed by atoms with Gasteiger partial charge in [0, 0.05) is 25.4 Å². The van der Waals surface area contributed by atoms with Crippen LogP contribution in [-0.4, -0.2) is 16.5 Å². The summed E-state index contributed by atoms with van der Waals surface area (Å²) < 4.78 is 0. The SMILES string of the molecule is CCC1=CN(CC)C=C(N[N+](=O)[O-])C1. The van der Waals surface area contributed by atoms with Gasteiger partial charge >= 0.3 is 0 Å². The van der Waals surface area contributed by atoms with E-state index in [1.54, 1.807) is 6.20 Å². The maximum Gasteiger partial charge on any atom is 0.162 e. The molecule has 0 aromatic heterocycles. The van der Waals surface area contributed by atoms with Gasteiger partial charge in [-0.05, 0) is 18.9 Å². The van der Waals surface area contributed by atoms with E-state index < -0.39 is 5.03 Å². The van der Waals surface area contributed by atoms with Crippen LogP contribution in [-0.2, 0) is 0 Å². The molecule has 5 nitrogen and oxygen atoms in total. The molecule has 0 fully saturated rings. The molecule has 0 saturated carbocycles. The first kappa shape index (κ1) is 10.6. The van der Waals surface area contributed by atoms with Gasteiger partial charge in [0.25, 0.3) is 0 Å². The van der Waals surface area contributed by atoms with Gasteiger partial charge in [0.1, 0.15) is 0 Å². The predicted octanol–water partition coefficient (Wildman–Crippen LogP) is 1.63. The molecule has 0 amide bonds. The van der Waals surface area contributed by atoms with Crippen molar-refractivity contribution in [2.45, 2.75) is 26.7 Å². The van der Waals surface area contributed by atoms with E-state index in [9.17, 15) is 10.1 Å². The molecule has 0 radical (unpaired) electrons. The zero-order chi connectivity index (χ0) is 10.6. The standard InChI is InChI=1S/C9H15N3O2/c1-3-8-5-9(10-12(13)14)7-11(4-2)6-8/h6-7,10H,3-5H2,1-2H3. The number of hydrazine groups is 1. The summed E-state index contributed by atoms with van der Waals surface area (Å²) in [6.45, 7) is 4.89. The van der Waals surface area contributed by atoms with Crippen LogP contribution in [0.3, 0.4) is 0 Å². The number of hydrogen-bond donors (Lipinski definition) is 1. The van der Waals surface area contributed by atoms with Crippen LogP contribution in [0, 0.1) is 10.1 Å². The summed E-state index contributed by atoms with van der Waals surface area (Å²) in [6.07, 6.45) is 5.40. The molecular formula is C9H15N3O2. The lowest BCUT2D eigenvalue weighted by atomic mass is 10.1. The highest BCUT2D eigenvalue weighted by atomic mass is 16.7. The van der Waals surface area contributed by atoms with Crippen molar-refractivity contribution in [3.63, 3.8) is 0 Å². The molecule has 0 spiro atoms. The van der Waals surface area contributed by atoms with E-state index in [2.05, 4.69) is 12.3 Å². The Morgan fingerprint density at radius 1 is 1.57 bits per heavy atom. The van der Waals surface area contributed by atoms with E-state index in [0.717, 1.165) is 13.0 Å². The van der Waals surface area contributed by atoms with Gasteiger partial charge in [0.05, 0.1) is 5.70 Å². The van der Waals surface area contributed by atoms with Gasteiger partial charge in [-0.3, -0.25) is 0 Å². The number of nitrogens with one attached hydrogen (secondary N) is 1. The Labute approximate surface area is 83.2 Å². The molecule has 1 heterocycles. The maximum atomic E-state index is 10.3. The van der Waals surface area contributed by atoms with E-state index in [1.165, 1.54) is 5.57 Å². The third-order valence-electron chi connectivity index (χ3n) is 2.14. The monoisotopic (exact) mass is 197 g/mol. The molecule has 78 valence electrons. The molecule has 1 rings (SSSR count). The van der Waals surface area contributed by atoms with Crippen molar-refractivity contribution in [1.29, 1.82) is 0 Å². The maximum absolute atomic E-state index is 10.3. The van der Waals surface area contributed by atoms with Crippen LogP contribution in [0.15, 0.2) is 23.7 Å². The van der Waals surface area contributed by atoms with Crippen LogP contribution in [0.5, 0.6) is 0 Å². The molecule has 0 unspecified atom stereocenters. The molecule has 5 heteroatoms. The summed E-state index contributed by atoms with van der Waals surface area (Å²) in [5.74, 6) is 0.